The predicted molar refractivity (Wildman–Crippen MR) is 141 cm³/mol. The Morgan fingerprint density at radius 2 is 1.82 bits per heavy atom. The zero-order chi connectivity index (χ0) is 29.7. The first-order valence-electron chi connectivity index (χ1n) is 13.0. The van der Waals surface area contributed by atoms with E-state index < -0.39 is 66.1 Å². The fourth-order valence-electron chi connectivity index (χ4n) is 5.00. The molecule has 0 spiro atoms. The Morgan fingerprint density at radius 3 is 2.42 bits per heavy atom. The molecule has 40 heavy (non-hydrogen) atoms. The molecule has 12 heteroatoms. The number of hydrogen-bond donors (Lipinski definition) is 3. The molecule has 0 aromatic carbocycles. The van der Waals surface area contributed by atoms with Gasteiger partial charge in [0.25, 0.3) is 5.91 Å². The highest BCUT2D eigenvalue weighted by Crippen LogP contribution is 2.33. The van der Waals surface area contributed by atoms with Gasteiger partial charge in [-0.2, -0.15) is 0 Å². The summed E-state index contributed by atoms with van der Waals surface area (Å²) in [5.41, 5.74) is 5.50. The summed E-state index contributed by atoms with van der Waals surface area (Å²) in [6.07, 6.45) is 0.869. The van der Waals surface area contributed by atoms with E-state index in [1.165, 1.54) is 21.3 Å². The van der Waals surface area contributed by atoms with E-state index in [4.69, 9.17) is 29.4 Å². The van der Waals surface area contributed by atoms with Crippen molar-refractivity contribution in [2.24, 2.45) is 17.6 Å². The molecule has 0 aromatic heterocycles. The van der Waals surface area contributed by atoms with Crippen molar-refractivity contribution in [2.75, 3.05) is 21.3 Å². The molecule has 0 radical (unpaired) electrons. The number of aliphatic hydroxyl groups excluding tert-OH is 1. The SMILES string of the molecule is COC1=C2CC(C)CC(OC)C(O)C(C)C=CC(OC(N)=O)C(OC)C3OC3C=C(C)C(=O)NC(=CC1=O)C2=O. The van der Waals surface area contributed by atoms with Crippen molar-refractivity contribution in [1.82, 2.24) is 5.32 Å². The molecule has 2 aliphatic heterocycles. The number of nitrogens with two attached hydrogens (primary N) is 1. The molecule has 2 heterocycles. The van der Waals surface area contributed by atoms with Crippen LogP contribution >= 0.6 is 0 Å². The number of carbonyl (C=O) groups excluding carboxylic acids is 4. The Hall–Kier alpha value is -3.32. The lowest BCUT2D eigenvalue weighted by molar-refractivity contribution is -0.120. The molecule has 2 bridgehead atoms. The van der Waals surface area contributed by atoms with Crippen LogP contribution in [-0.4, -0.2) is 86.6 Å². The third-order valence-corrected chi connectivity index (χ3v) is 7.26. The van der Waals surface area contributed by atoms with Crippen LogP contribution in [0.2, 0.25) is 0 Å². The number of aliphatic hydroxyl groups is 1. The summed E-state index contributed by atoms with van der Waals surface area (Å²) in [5.74, 6) is -2.42. The molecule has 8 atom stereocenters. The lowest BCUT2D eigenvalue weighted by atomic mass is 9.86. The Balaban J connectivity index is 2.01. The Morgan fingerprint density at radius 1 is 1.12 bits per heavy atom. The van der Waals surface area contributed by atoms with Gasteiger partial charge >= 0.3 is 6.09 Å². The molecule has 1 saturated heterocycles. The highest BCUT2D eigenvalue weighted by atomic mass is 16.6. The quantitative estimate of drug-likeness (QED) is 0.257. The second-order valence-corrected chi connectivity index (χ2v) is 10.3. The molecule has 0 aromatic rings. The Labute approximate surface area is 233 Å². The number of carbonyl (C=O) groups is 4. The van der Waals surface area contributed by atoms with Gasteiger partial charge in [0, 0.05) is 37.4 Å². The largest absolute Gasteiger partial charge is 0.492 e. The highest BCUT2D eigenvalue weighted by molar-refractivity contribution is 6.23. The average Bonchev–Trinajstić information content (AvgIpc) is 3.65. The summed E-state index contributed by atoms with van der Waals surface area (Å²) in [5, 5.41) is 13.6. The number of fused-ring (bicyclic) bond motifs is 3. The number of Topliss-reactive ketones (excluding diaryl/α,β-unsaturated/α-hetero) is 1. The number of rotatable bonds is 4. The van der Waals surface area contributed by atoms with E-state index in [1.54, 1.807) is 32.1 Å². The first-order valence-corrected chi connectivity index (χ1v) is 13.0. The van der Waals surface area contributed by atoms with E-state index in [-0.39, 0.29) is 34.9 Å². The second kappa shape index (κ2) is 13.4. The topological polar surface area (TPSA) is 176 Å². The van der Waals surface area contributed by atoms with Crippen LogP contribution < -0.4 is 11.1 Å². The highest BCUT2D eigenvalue weighted by Gasteiger charge is 2.48. The van der Waals surface area contributed by atoms with E-state index >= 15 is 0 Å². The van der Waals surface area contributed by atoms with Crippen LogP contribution in [0.15, 0.2) is 46.9 Å². The summed E-state index contributed by atoms with van der Waals surface area (Å²) in [6, 6.07) is 0. The zero-order valence-corrected chi connectivity index (χ0v) is 23.5. The number of hydrogen-bond acceptors (Lipinski definition) is 10. The Bertz CT molecular complexity index is 1140. The molecule has 220 valence electrons. The first kappa shape index (κ1) is 31.2. The van der Waals surface area contributed by atoms with Crippen LogP contribution in [0, 0.1) is 11.8 Å². The van der Waals surface area contributed by atoms with Gasteiger partial charge in [0.15, 0.2) is 11.9 Å². The maximum atomic E-state index is 13.3. The summed E-state index contributed by atoms with van der Waals surface area (Å²) in [7, 11) is 4.20. The fraction of sp³-hybridized carbons (Fsp3) is 0.571. The van der Waals surface area contributed by atoms with Crippen LogP contribution in [-0.2, 0) is 38.1 Å². The third-order valence-electron chi connectivity index (χ3n) is 7.26. The molecule has 8 unspecified atom stereocenters. The van der Waals surface area contributed by atoms with Gasteiger partial charge in [0.05, 0.1) is 25.0 Å². The van der Waals surface area contributed by atoms with Crippen LogP contribution in [0.25, 0.3) is 0 Å². The smallest absolute Gasteiger partial charge is 0.405 e. The monoisotopic (exact) mass is 562 g/mol. The minimum atomic E-state index is -1.02. The number of methoxy groups -OCH3 is 3. The predicted octanol–water partition coefficient (Wildman–Crippen LogP) is 1.23. The van der Waals surface area contributed by atoms with Crippen molar-refractivity contribution >= 4 is 23.6 Å². The molecular formula is C28H38N2O10. The number of amides is 2. The normalized spacial score (nSPS) is 33.9. The van der Waals surface area contributed by atoms with Gasteiger partial charge in [-0.05, 0) is 37.8 Å². The molecule has 4 N–H and O–H groups in total. The van der Waals surface area contributed by atoms with Gasteiger partial charge in [0.1, 0.15) is 18.3 Å². The van der Waals surface area contributed by atoms with Crippen LogP contribution in [0.5, 0.6) is 0 Å². The number of primary amides is 1. The zero-order valence-electron chi connectivity index (χ0n) is 23.5. The van der Waals surface area contributed by atoms with E-state index in [9.17, 15) is 24.3 Å². The average molecular weight is 563 g/mol. The second-order valence-electron chi connectivity index (χ2n) is 10.3. The number of epoxide rings is 1. The van der Waals surface area contributed by atoms with Gasteiger partial charge in [-0.15, -0.1) is 0 Å². The maximum absolute atomic E-state index is 13.3. The lowest BCUT2D eigenvalue weighted by Gasteiger charge is -2.29. The van der Waals surface area contributed by atoms with E-state index in [2.05, 4.69) is 5.32 Å². The summed E-state index contributed by atoms with van der Waals surface area (Å²) < 4.78 is 27.4. The third kappa shape index (κ3) is 7.25. The molecule has 1 aliphatic carbocycles. The molecule has 2 amide bonds. The van der Waals surface area contributed by atoms with Gasteiger partial charge in [-0.3, -0.25) is 14.4 Å². The van der Waals surface area contributed by atoms with Crippen LogP contribution in [0.1, 0.15) is 33.6 Å². The fourth-order valence-corrected chi connectivity index (χ4v) is 5.00. The molecule has 3 rings (SSSR count). The van der Waals surface area contributed by atoms with E-state index in [0.717, 1.165) is 6.08 Å². The Kier molecular flexibility index (Phi) is 10.4. The lowest BCUT2D eigenvalue weighted by Crippen LogP contribution is -2.38. The van der Waals surface area contributed by atoms with Gasteiger partial charge in [-0.1, -0.05) is 19.9 Å². The molecule has 3 aliphatic rings. The van der Waals surface area contributed by atoms with E-state index in [1.807, 2.05) is 6.92 Å². The summed E-state index contributed by atoms with van der Waals surface area (Å²) in [6.45, 7) is 5.17. The van der Waals surface area contributed by atoms with Crippen LogP contribution in [0.4, 0.5) is 4.79 Å². The summed E-state index contributed by atoms with van der Waals surface area (Å²) >= 11 is 0. The number of ether oxygens (including phenoxy) is 5. The van der Waals surface area contributed by atoms with E-state index in [0.29, 0.717) is 6.42 Å². The molecule has 1 fully saturated rings. The minimum Gasteiger partial charge on any atom is -0.492 e. The number of allylic oxidation sites excluding steroid dienone is 2. The first-order chi connectivity index (χ1) is 18.9. The standard InChI is InChI=1S/C28H38N2O10/c1-13-9-16-23(33)17(12-18(31)24(16)37-5)30-27(34)15(3)11-21-26(39-21)25(38-6)19(40-28(29)35)8-7-14(2)22(32)20(10-13)36-4/h7-8,11-14,19-22,25-26,32H,9-10H2,1-6H3,(H2,29,35)(H,30,34). The summed E-state index contributed by atoms with van der Waals surface area (Å²) in [4.78, 5) is 50.7. The van der Waals surface area contributed by atoms with Crippen LogP contribution in [0.3, 0.4) is 0 Å². The molecular weight excluding hydrogens is 524 g/mol. The van der Waals surface area contributed by atoms with Crippen molar-refractivity contribution in [3.05, 3.63) is 46.9 Å². The maximum Gasteiger partial charge on any atom is 0.405 e. The molecule has 12 nitrogen and oxygen atoms in total. The van der Waals surface area contributed by atoms with Crippen molar-refractivity contribution in [3.63, 3.8) is 0 Å². The van der Waals surface area contributed by atoms with Crippen molar-refractivity contribution < 1.29 is 48.0 Å². The molecule has 0 saturated carbocycles. The van der Waals surface area contributed by atoms with Crippen molar-refractivity contribution in [1.29, 1.82) is 0 Å². The number of nitrogens with one attached hydrogen (secondary N) is 1. The number of ketones is 2. The minimum absolute atomic E-state index is 0.0841. The van der Waals surface area contributed by atoms with Crippen molar-refractivity contribution in [3.8, 4) is 0 Å². The van der Waals surface area contributed by atoms with Gasteiger partial charge in [0.2, 0.25) is 11.6 Å². The van der Waals surface area contributed by atoms with Crippen molar-refractivity contribution in [2.45, 2.75) is 70.2 Å². The van der Waals surface area contributed by atoms with Gasteiger partial charge in [-0.25, -0.2) is 4.79 Å². The van der Waals surface area contributed by atoms with Gasteiger partial charge < -0.3 is 39.8 Å².